The predicted octanol–water partition coefficient (Wildman–Crippen LogP) is 4.13. The smallest absolute Gasteiger partial charge is 0.320 e. The quantitative estimate of drug-likeness (QED) is 0.696. The molecule has 0 amide bonds. The van der Waals surface area contributed by atoms with Crippen molar-refractivity contribution in [3.8, 4) is 21.0 Å². The van der Waals surface area contributed by atoms with Crippen LogP contribution in [0.5, 0.6) is 0 Å². The van der Waals surface area contributed by atoms with Crippen LogP contribution < -0.4 is 5.73 Å². The monoisotopic (exact) mass is 358 g/mol. The van der Waals surface area contributed by atoms with Crippen LogP contribution in [0.2, 0.25) is 5.02 Å². The first-order valence-electron chi connectivity index (χ1n) is 7.32. The summed E-state index contributed by atoms with van der Waals surface area (Å²) in [5.41, 5.74) is 8.18. The van der Waals surface area contributed by atoms with Gasteiger partial charge in [0.15, 0.2) is 0 Å². The van der Waals surface area contributed by atoms with Crippen molar-refractivity contribution in [2.45, 2.75) is 6.61 Å². The maximum atomic E-state index is 11.1. The molecule has 4 nitrogen and oxygen atoms in total. The van der Waals surface area contributed by atoms with Crippen LogP contribution in [0.15, 0.2) is 54.7 Å². The summed E-state index contributed by atoms with van der Waals surface area (Å²) in [4.78, 5) is 16.6. The van der Waals surface area contributed by atoms with Gasteiger partial charge in [-0.25, -0.2) is 4.98 Å². The highest BCUT2D eigenvalue weighted by molar-refractivity contribution is 7.18. The minimum absolute atomic E-state index is 0.108. The third kappa shape index (κ3) is 4.00. The van der Waals surface area contributed by atoms with Crippen LogP contribution in [0.1, 0.15) is 5.56 Å². The summed E-state index contributed by atoms with van der Waals surface area (Å²) in [5, 5.41) is 1.63. The van der Waals surface area contributed by atoms with Crippen LogP contribution in [-0.2, 0) is 16.1 Å². The summed E-state index contributed by atoms with van der Waals surface area (Å²) < 4.78 is 5.01. The van der Waals surface area contributed by atoms with Gasteiger partial charge < -0.3 is 10.5 Å². The van der Waals surface area contributed by atoms with Crippen molar-refractivity contribution < 1.29 is 9.53 Å². The van der Waals surface area contributed by atoms with E-state index in [0.29, 0.717) is 5.02 Å². The Labute approximate surface area is 148 Å². The number of carbonyl (C=O) groups is 1. The Morgan fingerprint density at radius 2 is 1.96 bits per heavy atom. The van der Waals surface area contributed by atoms with E-state index in [1.807, 2.05) is 54.7 Å². The van der Waals surface area contributed by atoms with Crippen molar-refractivity contribution >= 4 is 28.9 Å². The highest BCUT2D eigenvalue weighted by Gasteiger charge is 2.08. The van der Waals surface area contributed by atoms with E-state index in [0.717, 1.165) is 26.6 Å². The lowest BCUT2D eigenvalue weighted by atomic mass is 10.1. The molecule has 6 heteroatoms. The Balaban J connectivity index is 1.74. The minimum atomic E-state index is -0.412. The van der Waals surface area contributed by atoms with Crippen LogP contribution in [0, 0.1) is 0 Å². The lowest BCUT2D eigenvalue weighted by Crippen LogP contribution is -2.16. The fourth-order valence-corrected chi connectivity index (χ4v) is 3.26. The molecule has 0 bridgehead atoms. The Kier molecular flexibility index (Phi) is 5.25. The maximum Gasteiger partial charge on any atom is 0.320 e. The maximum absolute atomic E-state index is 11.1. The second kappa shape index (κ2) is 7.57. The molecule has 0 aliphatic heterocycles. The number of halogens is 1. The summed E-state index contributed by atoms with van der Waals surface area (Å²) in [5.74, 6) is -0.412. The van der Waals surface area contributed by atoms with E-state index >= 15 is 0 Å². The number of carbonyl (C=O) groups excluding carboxylic acids is 1. The van der Waals surface area contributed by atoms with Gasteiger partial charge in [0.2, 0.25) is 0 Å². The summed E-state index contributed by atoms with van der Waals surface area (Å²) >= 11 is 7.64. The molecule has 3 aromatic rings. The van der Waals surface area contributed by atoms with E-state index in [4.69, 9.17) is 22.1 Å². The van der Waals surface area contributed by atoms with Crippen molar-refractivity contribution in [1.82, 2.24) is 4.98 Å². The van der Waals surface area contributed by atoms with Crippen molar-refractivity contribution in [3.05, 3.63) is 65.3 Å². The van der Waals surface area contributed by atoms with Crippen LogP contribution in [0.4, 0.5) is 0 Å². The Morgan fingerprint density at radius 3 is 2.67 bits per heavy atom. The van der Waals surface area contributed by atoms with Crippen molar-refractivity contribution in [3.63, 3.8) is 0 Å². The first-order valence-corrected chi connectivity index (χ1v) is 8.52. The van der Waals surface area contributed by atoms with Gasteiger partial charge in [0.05, 0.1) is 11.4 Å². The van der Waals surface area contributed by atoms with Gasteiger partial charge in [-0.3, -0.25) is 4.79 Å². The molecule has 2 aromatic carbocycles. The van der Waals surface area contributed by atoms with Gasteiger partial charge in [-0.2, -0.15) is 0 Å². The molecule has 0 fully saturated rings. The fourth-order valence-electron chi connectivity index (χ4n) is 2.15. The van der Waals surface area contributed by atoms with Crippen LogP contribution in [0.3, 0.4) is 0 Å². The number of ether oxygens (including phenoxy) is 1. The van der Waals surface area contributed by atoms with Crippen molar-refractivity contribution in [2.24, 2.45) is 5.73 Å². The molecule has 0 atom stereocenters. The average Bonchev–Trinajstić information content (AvgIpc) is 3.10. The van der Waals surface area contributed by atoms with E-state index < -0.39 is 5.97 Å². The number of nitrogens with zero attached hydrogens (tertiary/aromatic N) is 1. The Hall–Kier alpha value is -2.21. The van der Waals surface area contributed by atoms with Gasteiger partial charge in [-0.1, -0.05) is 48.0 Å². The first-order chi connectivity index (χ1) is 11.7. The lowest BCUT2D eigenvalue weighted by Gasteiger charge is -2.04. The molecule has 0 aliphatic carbocycles. The van der Waals surface area contributed by atoms with E-state index in [9.17, 15) is 4.79 Å². The van der Waals surface area contributed by atoms with Gasteiger partial charge in [0.1, 0.15) is 11.6 Å². The van der Waals surface area contributed by atoms with Crippen LogP contribution in [0.25, 0.3) is 21.0 Å². The first kappa shape index (κ1) is 16.6. The van der Waals surface area contributed by atoms with Gasteiger partial charge >= 0.3 is 5.97 Å². The molecule has 122 valence electrons. The number of rotatable bonds is 5. The van der Waals surface area contributed by atoms with E-state index in [2.05, 4.69) is 4.98 Å². The van der Waals surface area contributed by atoms with E-state index in [1.54, 1.807) is 11.3 Å². The number of benzene rings is 2. The molecule has 0 aliphatic rings. The number of esters is 1. The second-order valence-corrected chi connectivity index (χ2v) is 6.57. The molecule has 3 rings (SSSR count). The van der Waals surface area contributed by atoms with Crippen LogP contribution >= 0.6 is 22.9 Å². The molecule has 1 heterocycles. The summed E-state index contributed by atoms with van der Waals surface area (Å²) in [6.45, 7) is 0.116. The van der Waals surface area contributed by atoms with Gasteiger partial charge in [-0.15, -0.1) is 11.3 Å². The van der Waals surface area contributed by atoms with Gasteiger partial charge in [0, 0.05) is 16.8 Å². The zero-order chi connectivity index (χ0) is 16.9. The molecule has 1 aromatic heterocycles. The van der Waals surface area contributed by atoms with E-state index in [-0.39, 0.29) is 13.2 Å². The molecule has 2 N–H and O–H groups in total. The number of aromatic nitrogens is 1. The SMILES string of the molecule is NCC(=O)OCc1ccc(-c2ncc(-c3cccc(Cl)c3)s2)cc1. The zero-order valence-corrected chi connectivity index (χ0v) is 14.3. The molecule has 0 unspecified atom stereocenters. The molecule has 0 saturated carbocycles. The zero-order valence-electron chi connectivity index (χ0n) is 12.7. The average molecular weight is 359 g/mol. The lowest BCUT2D eigenvalue weighted by molar-refractivity contribution is -0.143. The van der Waals surface area contributed by atoms with Crippen molar-refractivity contribution in [1.29, 1.82) is 0 Å². The molecule has 24 heavy (non-hydrogen) atoms. The molecule has 0 saturated heterocycles. The van der Waals surface area contributed by atoms with E-state index in [1.165, 1.54) is 0 Å². The molecular weight excluding hydrogens is 344 g/mol. The fraction of sp³-hybridized carbons (Fsp3) is 0.111. The highest BCUT2D eigenvalue weighted by Crippen LogP contribution is 2.33. The normalized spacial score (nSPS) is 10.6. The highest BCUT2D eigenvalue weighted by atomic mass is 35.5. The third-order valence-corrected chi connectivity index (χ3v) is 4.71. The minimum Gasteiger partial charge on any atom is -0.460 e. The van der Waals surface area contributed by atoms with Gasteiger partial charge in [0.25, 0.3) is 0 Å². The Morgan fingerprint density at radius 1 is 1.17 bits per heavy atom. The molecule has 0 spiro atoms. The number of thiazole rings is 1. The Bertz CT molecular complexity index is 846. The number of hydrogen-bond donors (Lipinski definition) is 1. The molecular formula is C18H15ClN2O2S. The van der Waals surface area contributed by atoms with Gasteiger partial charge in [-0.05, 0) is 23.3 Å². The standard InChI is InChI=1S/C18H15ClN2O2S/c19-15-3-1-2-14(8-15)16-10-21-18(24-16)13-6-4-12(5-7-13)11-23-17(22)9-20/h1-8,10H,9,11,20H2. The third-order valence-electron chi connectivity index (χ3n) is 3.38. The summed E-state index contributed by atoms with van der Waals surface area (Å²) in [7, 11) is 0. The summed E-state index contributed by atoms with van der Waals surface area (Å²) in [6.07, 6.45) is 1.85. The number of hydrogen-bond acceptors (Lipinski definition) is 5. The second-order valence-electron chi connectivity index (χ2n) is 5.10. The topological polar surface area (TPSA) is 65.2 Å². The largest absolute Gasteiger partial charge is 0.460 e. The predicted molar refractivity (Wildman–Crippen MR) is 96.8 cm³/mol. The summed E-state index contributed by atoms with van der Waals surface area (Å²) in [6, 6.07) is 15.5. The van der Waals surface area contributed by atoms with Crippen LogP contribution in [-0.4, -0.2) is 17.5 Å². The molecule has 0 radical (unpaired) electrons. The number of nitrogens with two attached hydrogens (primary N) is 1. The van der Waals surface area contributed by atoms with Crippen molar-refractivity contribution in [2.75, 3.05) is 6.54 Å².